The van der Waals surface area contributed by atoms with Gasteiger partial charge in [0.15, 0.2) is 0 Å². The number of para-hydroxylation sites is 1. The summed E-state index contributed by atoms with van der Waals surface area (Å²) >= 11 is 0. The number of hydrogen-bond donors (Lipinski definition) is 5. The van der Waals surface area contributed by atoms with E-state index in [-0.39, 0.29) is 16.5 Å². The molecule has 238 valence electrons. The van der Waals surface area contributed by atoms with Gasteiger partial charge < -0.3 is 21.3 Å². The molecule has 0 saturated carbocycles. The molecular weight excluding hydrogens is 603 g/mol. The third-order valence-corrected chi connectivity index (χ3v) is 8.99. The molecule has 1 saturated heterocycles. The number of anilines is 5. The summed E-state index contributed by atoms with van der Waals surface area (Å²) in [6, 6.07) is 21.1. The average molecular weight is 640 g/mol. The Morgan fingerprint density at radius 1 is 0.978 bits per heavy atom. The Hall–Kier alpha value is -4.20. The smallest absolute Gasteiger partial charge is 0.381 e. The number of nitrogens with one attached hydrogen (secondary N) is 5. The summed E-state index contributed by atoms with van der Waals surface area (Å²) < 4.78 is 69.8. The first-order valence-electron chi connectivity index (χ1n) is 14.7. The Kier molecular flexibility index (Phi) is 9.90. The maximum atomic E-state index is 13.9. The summed E-state index contributed by atoms with van der Waals surface area (Å²) in [5.41, 5.74) is 2.73. The molecule has 1 fully saturated rings. The van der Waals surface area contributed by atoms with Gasteiger partial charge in [0.05, 0.1) is 5.69 Å². The molecule has 1 aromatic heterocycles. The third kappa shape index (κ3) is 8.50. The number of rotatable bonds is 11. The van der Waals surface area contributed by atoms with Crippen molar-refractivity contribution in [3.63, 3.8) is 0 Å². The molecule has 1 aliphatic rings. The lowest BCUT2D eigenvalue weighted by atomic mass is 9.91. The fourth-order valence-corrected chi connectivity index (χ4v) is 6.54. The fourth-order valence-electron chi connectivity index (χ4n) is 5.13. The number of hydrogen-bond acceptors (Lipinski definition) is 8. The Bertz CT molecular complexity index is 1710. The van der Waals surface area contributed by atoms with Crippen LogP contribution in [0.4, 0.5) is 42.0 Å². The predicted molar refractivity (Wildman–Crippen MR) is 171 cm³/mol. The van der Waals surface area contributed by atoms with Crippen molar-refractivity contribution in [2.24, 2.45) is 0 Å². The highest BCUT2D eigenvalue weighted by molar-refractivity contribution is 7.89. The Balaban J connectivity index is 1.29. The van der Waals surface area contributed by atoms with Gasteiger partial charge in [-0.1, -0.05) is 36.4 Å². The summed E-state index contributed by atoms with van der Waals surface area (Å²) in [6.07, 6.45) is -1.77. The Labute approximate surface area is 261 Å². The van der Waals surface area contributed by atoms with Crippen LogP contribution in [0.3, 0.4) is 0 Å². The monoisotopic (exact) mass is 639 g/mol. The van der Waals surface area contributed by atoms with Gasteiger partial charge in [-0.15, -0.1) is 0 Å². The molecule has 1 atom stereocenters. The molecule has 0 aliphatic carbocycles. The molecule has 4 aromatic rings. The van der Waals surface area contributed by atoms with E-state index in [9.17, 15) is 21.6 Å². The van der Waals surface area contributed by atoms with Crippen LogP contribution >= 0.6 is 0 Å². The van der Waals surface area contributed by atoms with Crippen LogP contribution in [-0.4, -0.2) is 37.5 Å². The van der Waals surface area contributed by atoms with Gasteiger partial charge in [-0.3, -0.25) is 0 Å². The van der Waals surface area contributed by atoms with Gasteiger partial charge in [0, 0.05) is 36.7 Å². The van der Waals surface area contributed by atoms with Crippen molar-refractivity contribution < 1.29 is 21.6 Å². The molecule has 1 unspecified atom stereocenters. The molecule has 13 heteroatoms. The first-order chi connectivity index (χ1) is 21.5. The van der Waals surface area contributed by atoms with E-state index in [1.54, 1.807) is 26.0 Å². The van der Waals surface area contributed by atoms with E-state index in [1.807, 2.05) is 18.2 Å². The number of piperidine rings is 1. The molecule has 0 bridgehead atoms. The van der Waals surface area contributed by atoms with Gasteiger partial charge in [-0.25, -0.2) is 18.1 Å². The van der Waals surface area contributed by atoms with E-state index in [0.29, 0.717) is 24.3 Å². The molecular formula is C32H36F3N7O2S. The van der Waals surface area contributed by atoms with Crippen LogP contribution in [0.1, 0.15) is 49.3 Å². The first kappa shape index (κ1) is 32.2. The maximum Gasteiger partial charge on any atom is 0.421 e. The van der Waals surface area contributed by atoms with Gasteiger partial charge in [-0.2, -0.15) is 18.2 Å². The topological polar surface area (TPSA) is 120 Å². The van der Waals surface area contributed by atoms with Crippen molar-refractivity contribution in [1.82, 2.24) is 20.0 Å². The minimum atomic E-state index is -4.79. The van der Waals surface area contributed by atoms with Gasteiger partial charge in [-0.05, 0) is 86.7 Å². The summed E-state index contributed by atoms with van der Waals surface area (Å²) in [4.78, 5) is 7.74. The van der Waals surface area contributed by atoms with Crippen molar-refractivity contribution in [2.45, 2.75) is 56.3 Å². The Morgan fingerprint density at radius 2 is 1.76 bits per heavy atom. The van der Waals surface area contributed by atoms with Gasteiger partial charge >= 0.3 is 6.18 Å². The molecule has 45 heavy (non-hydrogen) atoms. The molecule has 5 rings (SSSR count). The number of aromatic nitrogens is 2. The van der Waals surface area contributed by atoms with E-state index in [2.05, 4.69) is 54.2 Å². The summed E-state index contributed by atoms with van der Waals surface area (Å²) in [6.45, 7) is 5.94. The Morgan fingerprint density at radius 3 is 2.47 bits per heavy atom. The van der Waals surface area contributed by atoms with E-state index < -0.39 is 33.6 Å². The normalized spacial score (nSPS) is 15.6. The number of nitrogens with zero attached hydrogens (tertiary/aromatic N) is 2. The fraction of sp³-hybridized carbons (Fsp3) is 0.312. The summed E-state index contributed by atoms with van der Waals surface area (Å²) in [5, 5.41) is 12.4. The zero-order valence-electron chi connectivity index (χ0n) is 24.9. The number of sulfonamides is 1. The maximum absolute atomic E-state index is 13.9. The highest BCUT2D eigenvalue weighted by atomic mass is 32.2. The minimum absolute atomic E-state index is 0.0569. The number of halogens is 3. The third-order valence-electron chi connectivity index (χ3n) is 7.28. The molecule has 0 spiro atoms. The second-order valence-corrected chi connectivity index (χ2v) is 12.9. The van der Waals surface area contributed by atoms with Crippen LogP contribution in [0.15, 0.2) is 83.9 Å². The van der Waals surface area contributed by atoms with E-state index in [0.717, 1.165) is 24.3 Å². The van der Waals surface area contributed by atoms with Crippen LogP contribution in [0.2, 0.25) is 0 Å². The zero-order valence-corrected chi connectivity index (χ0v) is 25.8. The molecule has 9 nitrogen and oxygen atoms in total. The van der Waals surface area contributed by atoms with E-state index in [4.69, 9.17) is 0 Å². The summed E-state index contributed by atoms with van der Waals surface area (Å²) in [5.74, 6) is -0.163. The first-order valence-corrected chi connectivity index (χ1v) is 16.2. The van der Waals surface area contributed by atoms with Crippen LogP contribution in [0.5, 0.6) is 0 Å². The lowest BCUT2D eigenvalue weighted by molar-refractivity contribution is -0.137. The lowest BCUT2D eigenvalue weighted by Crippen LogP contribution is -2.30. The van der Waals surface area contributed by atoms with Crippen molar-refractivity contribution in [2.75, 3.05) is 29.0 Å². The highest BCUT2D eigenvalue weighted by Crippen LogP contribution is 2.36. The second-order valence-electron chi connectivity index (χ2n) is 11.2. The molecule has 0 amide bonds. The lowest BCUT2D eigenvalue weighted by Gasteiger charge is -2.23. The second kappa shape index (κ2) is 13.8. The van der Waals surface area contributed by atoms with Crippen molar-refractivity contribution >= 4 is 38.9 Å². The average Bonchev–Trinajstić information content (AvgIpc) is 3.00. The van der Waals surface area contributed by atoms with Crippen molar-refractivity contribution in [3.8, 4) is 0 Å². The predicted octanol–water partition coefficient (Wildman–Crippen LogP) is 6.75. The van der Waals surface area contributed by atoms with Gasteiger partial charge in [0.25, 0.3) is 0 Å². The summed E-state index contributed by atoms with van der Waals surface area (Å²) in [7, 11) is -4.01. The standard InChI is InChI=1S/C32H36F3N7O2S/c1-21(2)42-45(43,44)29-11-4-3-10-28(29)40-30-27(32(33,34)35)20-38-31(41-30)39-25-14-12-22(13-15-25)18-37-26-9-5-7-23(17-26)24-8-6-16-36-19-24/h3-5,7,9-15,17,20-21,24,36-37,42H,6,8,16,18-19H2,1-2H3,(H2,38,39,40,41). The van der Waals surface area contributed by atoms with Gasteiger partial charge in [0.2, 0.25) is 16.0 Å². The largest absolute Gasteiger partial charge is 0.421 e. The molecule has 0 radical (unpaired) electrons. The van der Waals surface area contributed by atoms with Crippen molar-refractivity contribution in [3.05, 3.63) is 95.7 Å². The number of benzene rings is 3. The van der Waals surface area contributed by atoms with Crippen LogP contribution < -0.4 is 26.0 Å². The SMILES string of the molecule is CC(C)NS(=O)(=O)c1ccccc1Nc1nc(Nc2ccc(CNc3cccc(C4CCCNC4)c3)cc2)ncc1C(F)(F)F. The highest BCUT2D eigenvalue weighted by Gasteiger charge is 2.36. The van der Waals surface area contributed by atoms with Crippen molar-refractivity contribution in [1.29, 1.82) is 0 Å². The van der Waals surface area contributed by atoms with Crippen LogP contribution in [-0.2, 0) is 22.7 Å². The van der Waals surface area contributed by atoms with E-state index >= 15 is 0 Å². The van der Waals surface area contributed by atoms with Gasteiger partial charge in [0.1, 0.15) is 16.3 Å². The van der Waals surface area contributed by atoms with Crippen LogP contribution in [0, 0.1) is 0 Å². The molecule has 2 heterocycles. The number of alkyl halides is 3. The molecule has 1 aliphatic heterocycles. The molecule has 5 N–H and O–H groups in total. The zero-order chi connectivity index (χ0) is 32.0. The van der Waals surface area contributed by atoms with E-state index in [1.165, 1.54) is 42.7 Å². The van der Waals surface area contributed by atoms with Crippen LogP contribution in [0.25, 0.3) is 0 Å². The minimum Gasteiger partial charge on any atom is -0.381 e. The molecule has 3 aromatic carbocycles. The quantitative estimate of drug-likeness (QED) is 0.122.